The average molecular weight is 417 g/mol. The standard InChI is InChI=1S/C22H25F2N3O3/c1-3-19(28)14-4-5-20(30-15-6-8-22(23,24)9-7-15)16(10-14)18-12-26(2)21(29)17-11-25-13-27(17)18/h4-5,10-13,15,19,28H,3,6-9H2,1-2H3. The van der Waals surface area contributed by atoms with Crippen molar-refractivity contribution in [3.8, 4) is 17.0 Å². The summed E-state index contributed by atoms with van der Waals surface area (Å²) in [6.45, 7) is 1.89. The lowest BCUT2D eigenvalue weighted by Crippen LogP contribution is -2.30. The van der Waals surface area contributed by atoms with Crippen LogP contribution in [0.4, 0.5) is 8.78 Å². The van der Waals surface area contributed by atoms with Gasteiger partial charge >= 0.3 is 0 Å². The predicted octanol–water partition coefficient (Wildman–Crippen LogP) is 4.10. The highest BCUT2D eigenvalue weighted by atomic mass is 19.3. The number of aryl methyl sites for hydroxylation is 1. The van der Waals surface area contributed by atoms with Crippen molar-refractivity contribution in [3.05, 3.63) is 52.8 Å². The molecule has 0 saturated heterocycles. The van der Waals surface area contributed by atoms with Gasteiger partial charge in [0.25, 0.3) is 5.56 Å². The quantitative estimate of drug-likeness (QED) is 0.679. The summed E-state index contributed by atoms with van der Waals surface area (Å²) in [5.41, 5.74) is 2.30. The molecule has 2 aromatic heterocycles. The van der Waals surface area contributed by atoms with E-state index in [4.69, 9.17) is 4.74 Å². The van der Waals surface area contributed by atoms with Gasteiger partial charge in [0.05, 0.1) is 30.4 Å². The molecule has 30 heavy (non-hydrogen) atoms. The number of aliphatic hydroxyl groups is 1. The number of halogens is 2. The number of aromatic nitrogens is 3. The van der Waals surface area contributed by atoms with Gasteiger partial charge in [0, 0.05) is 31.6 Å². The lowest BCUT2D eigenvalue weighted by molar-refractivity contribution is -0.0581. The zero-order chi connectivity index (χ0) is 21.5. The van der Waals surface area contributed by atoms with Gasteiger partial charge in [-0.25, -0.2) is 13.8 Å². The van der Waals surface area contributed by atoms with Crippen molar-refractivity contribution in [3.63, 3.8) is 0 Å². The van der Waals surface area contributed by atoms with Crippen LogP contribution in [-0.2, 0) is 7.05 Å². The molecule has 1 fully saturated rings. The Bertz CT molecular complexity index is 1110. The molecule has 1 saturated carbocycles. The summed E-state index contributed by atoms with van der Waals surface area (Å²) >= 11 is 0. The first-order chi connectivity index (χ1) is 14.3. The lowest BCUT2D eigenvalue weighted by Gasteiger charge is -2.29. The van der Waals surface area contributed by atoms with E-state index < -0.39 is 12.0 Å². The van der Waals surface area contributed by atoms with E-state index in [1.54, 1.807) is 36.1 Å². The molecule has 1 aliphatic rings. The zero-order valence-electron chi connectivity index (χ0n) is 17.0. The number of benzene rings is 1. The summed E-state index contributed by atoms with van der Waals surface area (Å²) in [5, 5.41) is 10.3. The van der Waals surface area contributed by atoms with Crippen LogP contribution in [0.1, 0.15) is 50.7 Å². The molecule has 1 atom stereocenters. The fraction of sp³-hybridized carbons (Fsp3) is 0.455. The lowest BCUT2D eigenvalue weighted by atomic mass is 9.94. The van der Waals surface area contributed by atoms with E-state index in [0.717, 1.165) is 5.56 Å². The minimum absolute atomic E-state index is 0.182. The summed E-state index contributed by atoms with van der Waals surface area (Å²) in [4.78, 5) is 16.5. The molecule has 1 aliphatic carbocycles. The highest BCUT2D eigenvalue weighted by Crippen LogP contribution is 2.38. The maximum atomic E-state index is 13.5. The van der Waals surface area contributed by atoms with Gasteiger partial charge in [-0.05, 0) is 37.0 Å². The van der Waals surface area contributed by atoms with Crippen molar-refractivity contribution in [2.45, 2.75) is 57.2 Å². The second-order valence-electron chi connectivity index (χ2n) is 7.93. The number of rotatable bonds is 5. The van der Waals surface area contributed by atoms with Crippen LogP contribution in [-0.4, -0.2) is 31.1 Å². The third-order valence-electron chi connectivity index (χ3n) is 5.76. The predicted molar refractivity (Wildman–Crippen MR) is 109 cm³/mol. The molecule has 8 heteroatoms. The van der Waals surface area contributed by atoms with Crippen LogP contribution < -0.4 is 10.3 Å². The average Bonchev–Trinajstić information content (AvgIpc) is 3.22. The first-order valence-electron chi connectivity index (χ1n) is 10.2. The summed E-state index contributed by atoms with van der Waals surface area (Å²) in [7, 11) is 1.66. The van der Waals surface area contributed by atoms with Gasteiger partial charge in [-0.3, -0.25) is 9.20 Å². The number of hydrogen-bond donors (Lipinski definition) is 1. The van der Waals surface area contributed by atoms with E-state index in [2.05, 4.69) is 4.98 Å². The molecular weight excluding hydrogens is 392 g/mol. The molecule has 160 valence electrons. The van der Waals surface area contributed by atoms with Gasteiger partial charge in [0.2, 0.25) is 5.92 Å². The summed E-state index contributed by atoms with van der Waals surface area (Å²) in [5.74, 6) is -2.09. The molecule has 1 aromatic carbocycles. The number of hydrogen-bond acceptors (Lipinski definition) is 4. The van der Waals surface area contributed by atoms with Gasteiger partial charge in [-0.15, -0.1) is 0 Å². The van der Waals surface area contributed by atoms with E-state index in [9.17, 15) is 18.7 Å². The molecule has 0 bridgehead atoms. The Hall–Kier alpha value is -2.74. The maximum absolute atomic E-state index is 13.5. The van der Waals surface area contributed by atoms with Crippen LogP contribution in [0.15, 0.2) is 41.7 Å². The molecular formula is C22H25F2N3O3. The van der Waals surface area contributed by atoms with E-state index >= 15 is 0 Å². The van der Waals surface area contributed by atoms with Crippen LogP contribution in [0.25, 0.3) is 16.8 Å². The second kappa shape index (κ2) is 7.83. The van der Waals surface area contributed by atoms with Gasteiger partial charge < -0.3 is 14.4 Å². The van der Waals surface area contributed by atoms with Crippen LogP contribution in [0.3, 0.4) is 0 Å². The summed E-state index contributed by atoms with van der Waals surface area (Å²) in [6.07, 6.45) is 4.52. The highest BCUT2D eigenvalue weighted by molar-refractivity contribution is 5.70. The minimum atomic E-state index is -2.63. The van der Waals surface area contributed by atoms with Crippen LogP contribution in [0.2, 0.25) is 0 Å². The Kier molecular flexibility index (Phi) is 5.36. The van der Waals surface area contributed by atoms with Crippen molar-refractivity contribution in [2.75, 3.05) is 0 Å². The van der Waals surface area contributed by atoms with Crippen molar-refractivity contribution >= 4 is 5.52 Å². The topological polar surface area (TPSA) is 68.8 Å². The van der Waals surface area contributed by atoms with Crippen LogP contribution in [0, 0.1) is 0 Å². The fourth-order valence-electron chi connectivity index (χ4n) is 3.93. The molecule has 6 nitrogen and oxygen atoms in total. The van der Waals surface area contributed by atoms with Crippen molar-refractivity contribution in [2.24, 2.45) is 7.05 Å². The van der Waals surface area contributed by atoms with Crippen molar-refractivity contribution in [1.82, 2.24) is 14.0 Å². The van der Waals surface area contributed by atoms with Crippen molar-refractivity contribution in [1.29, 1.82) is 0 Å². The van der Waals surface area contributed by atoms with Gasteiger partial charge in [0.15, 0.2) is 0 Å². The Labute approximate surface area is 172 Å². The van der Waals surface area contributed by atoms with Crippen LogP contribution >= 0.6 is 0 Å². The maximum Gasteiger partial charge on any atom is 0.276 e. The fourth-order valence-corrected chi connectivity index (χ4v) is 3.93. The molecule has 0 radical (unpaired) electrons. The monoisotopic (exact) mass is 417 g/mol. The number of aliphatic hydroxyl groups excluding tert-OH is 1. The van der Waals surface area contributed by atoms with Crippen LogP contribution in [0.5, 0.6) is 5.75 Å². The Morgan fingerprint density at radius 3 is 2.77 bits per heavy atom. The second-order valence-corrected chi connectivity index (χ2v) is 7.93. The SMILES string of the molecule is CCC(O)c1ccc(OC2CCC(F)(F)CC2)c(-c2cn(C)c(=O)c3cncn23)c1. The Morgan fingerprint density at radius 2 is 2.07 bits per heavy atom. The van der Waals surface area contributed by atoms with E-state index in [0.29, 0.717) is 28.9 Å². The van der Waals surface area contributed by atoms with Gasteiger partial charge in [-0.2, -0.15) is 0 Å². The molecule has 1 N–H and O–H groups in total. The summed E-state index contributed by atoms with van der Waals surface area (Å²) < 4.78 is 36.4. The number of ether oxygens (including phenoxy) is 1. The number of fused-ring (bicyclic) bond motifs is 1. The van der Waals surface area contributed by atoms with Crippen molar-refractivity contribution < 1.29 is 18.6 Å². The highest BCUT2D eigenvalue weighted by Gasteiger charge is 2.36. The largest absolute Gasteiger partial charge is 0.490 e. The smallest absolute Gasteiger partial charge is 0.276 e. The molecule has 4 rings (SSSR count). The molecule has 0 spiro atoms. The van der Waals surface area contributed by atoms with E-state index in [-0.39, 0.29) is 37.3 Å². The Balaban J connectivity index is 1.80. The molecule has 2 heterocycles. The summed E-state index contributed by atoms with van der Waals surface area (Å²) in [6, 6.07) is 5.39. The third-order valence-corrected chi connectivity index (χ3v) is 5.76. The molecule has 0 amide bonds. The number of nitrogens with zero attached hydrogens (tertiary/aromatic N) is 3. The minimum Gasteiger partial charge on any atom is -0.490 e. The molecule has 1 unspecified atom stereocenters. The zero-order valence-corrected chi connectivity index (χ0v) is 17.0. The van der Waals surface area contributed by atoms with E-state index in [1.165, 1.54) is 10.8 Å². The molecule has 3 aromatic rings. The number of imidazole rings is 1. The Morgan fingerprint density at radius 1 is 1.33 bits per heavy atom. The third kappa shape index (κ3) is 3.84. The first kappa shape index (κ1) is 20.5. The first-order valence-corrected chi connectivity index (χ1v) is 10.2. The van der Waals surface area contributed by atoms with E-state index in [1.807, 2.05) is 13.0 Å². The van der Waals surface area contributed by atoms with Gasteiger partial charge in [0.1, 0.15) is 11.3 Å². The normalized spacial score (nSPS) is 17.9. The molecule has 0 aliphatic heterocycles. The number of alkyl halides is 2. The van der Waals surface area contributed by atoms with Gasteiger partial charge in [-0.1, -0.05) is 13.0 Å².